The van der Waals surface area contributed by atoms with Crippen LogP contribution in [-0.2, 0) is 5.41 Å². The first-order chi connectivity index (χ1) is 13.1. The summed E-state index contributed by atoms with van der Waals surface area (Å²) >= 11 is 0. The van der Waals surface area contributed by atoms with Gasteiger partial charge in [-0.1, -0.05) is 39.0 Å². The zero-order valence-corrected chi connectivity index (χ0v) is 16.1. The third-order valence-corrected chi connectivity index (χ3v) is 4.11. The van der Waals surface area contributed by atoms with Gasteiger partial charge in [0.05, 0.1) is 16.2 Å². The Morgan fingerprint density at radius 1 is 1.11 bits per heavy atom. The van der Waals surface area contributed by atoms with Crippen molar-refractivity contribution < 1.29 is 14.5 Å². The van der Waals surface area contributed by atoms with Crippen LogP contribution in [0.2, 0.25) is 0 Å². The third-order valence-electron chi connectivity index (χ3n) is 4.11. The molecule has 0 aromatic heterocycles. The lowest BCUT2D eigenvalue weighted by atomic mass is 9.85. The quantitative estimate of drug-likeness (QED) is 0.521. The van der Waals surface area contributed by atoms with Crippen LogP contribution in [0.1, 0.15) is 47.1 Å². The molecule has 0 unspecified atom stereocenters. The highest BCUT2D eigenvalue weighted by Crippen LogP contribution is 2.32. The monoisotopic (exact) mass is 384 g/mol. The van der Waals surface area contributed by atoms with E-state index in [0.717, 1.165) is 0 Å². The Morgan fingerprint density at radius 3 is 2.39 bits per heavy atom. The maximum atomic E-state index is 12.7. The molecule has 0 aliphatic rings. The van der Waals surface area contributed by atoms with Crippen molar-refractivity contribution in [1.29, 1.82) is 0 Å². The number of nitrogens with one attached hydrogen (secondary N) is 2. The Morgan fingerprint density at radius 2 is 1.79 bits per heavy atom. The molecule has 8 heteroatoms. The molecule has 2 aromatic rings. The van der Waals surface area contributed by atoms with Crippen LogP contribution in [0.15, 0.2) is 42.5 Å². The molecule has 0 bridgehead atoms. The van der Waals surface area contributed by atoms with Gasteiger partial charge < -0.3 is 16.4 Å². The summed E-state index contributed by atoms with van der Waals surface area (Å²) in [6.45, 7) is 6.20. The van der Waals surface area contributed by atoms with Crippen molar-refractivity contribution in [2.24, 2.45) is 5.73 Å². The van der Waals surface area contributed by atoms with Gasteiger partial charge in [0.1, 0.15) is 0 Å². The number of anilines is 1. The lowest BCUT2D eigenvalue weighted by molar-refractivity contribution is -0.386. The first-order valence-corrected chi connectivity index (χ1v) is 8.82. The first kappa shape index (κ1) is 21.0. The number of carbonyl (C=O) groups is 2. The van der Waals surface area contributed by atoms with E-state index < -0.39 is 16.2 Å². The average molecular weight is 384 g/mol. The second kappa shape index (κ2) is 8.62. The highest BCUT2D eigenvalue weighted by atomic mass is 16.6. The van der Waals surface area contributed by atoms with Gasteiger partial charge in [0.25, 0.3) is 17.5 Å². The van der Waals surface area contributed by atoms with E-state index in [0.29, 0.717) is 24.3 Å². The van der Waals surface area contributed by atoms with Crippen molar-refractivity contribution in [1.82, 2.24) is 5.32 Å². The van der Waals surface area contributed by atoms with E-state index in [2.05, 4.69) is 10.6 Å². The van der Waals surface area contributed by atoms with Gasteiger partial charge in [-0.3, -0.25) is 19.7 Å². The second-order valence-electron chi connectivity index (χ2n) is 7.28. The second-order valence-corrected chi connectivity index (χ2v) is 7.28. The van der Waals surface area contributed by atoms with Crippen LogP contribution in [0.25, 0.3) is 0 Å². The fourth-order valence-electron chi connectivity index (χ4n) is 2.72. The number of hydrogen-bond acceptors (Lipinski definition) is 5. The molecule has 148 valence electrons. The summed E-state index contributed by atoms with van der Waals surface area (Å²) in [7, 11) is 0. The topological polar surface area (TPSA) is 127 Å². The van der Waals surface area contributed by atoms with Crippen LogP contribution in [0, 0.1) is 10.1 Å². The maximum Gasteiger partial charge on any atom is 0.273 e. The summed E-state index contributed by atoms with van der Waals surface area (Å²) in [5.41, 5.74) is 6.10. The molecule has 0 radical (unpaired) electrons. The normalized spacial score (nSPS) is 11.0. The summed E-state index contributed by atoms with van der Waals surface area (Å²) in [6.07, 6.45) is 0. The molecular weight excluding hydrogens is 360 g/mol. The minimum absolute atomic E-state index is 0.117. The van der Waals surface area contributed by atoms with E-state index in [1.165, 1.54) is 6.07 Å². The number of nitrogens with two attached hydrogens (primary N) is 1. The Kier molecular flexibility index (Phi) is 6.48. The molecule has 0 spiro atoms. The van der Waals surface area contributed by atoms with E-state index >= 15 is 0 Å². The maximum absolute atomic E-state index is 12.7. The number of amides is 2. The van der Waals surface area contributed by atoms with Crippen molar-refractivity contribution in [3.63, 3.8) is 0 Å². The molecule has 0 saturated heterocycles. The minimum Gasteiger partial charge on any atom is -0.351 e. The standard InChI is InChI=1S/C20H24N4O4/c1-20(2,3)15-9-8-13(12-17(15)24(27)28)18(25)23-16-7-5-4-6-14(16)19(26)22-11-10-21/h4-9,12H,10-11,21H2,1-3H3,(H,22,26)(H,23,25). The van der Waals surface area contributed by atoms with E-state index in [4.69, 9.17) is 5.73 Å². The zero-order chi connectivity index (χ0) is 20.9. The number of nitro benzene ring substituents is 1. The third kappa shape index (κ3) is 4.92. The van der Waals surface area contributed by atoms with Crippen LogP contribution in [0.3, 0.4) is 0 Å². The van der Waals surface area contributed by atoms with E-state index in [1.54, 1.807) is 36.4 Å². The highest BCUT2D eigenvalue weighted by molar-refractivity contribution is 6.09. The molecule has 0 heterocycles. The first-order valence-electron chi connectivity index (χ1n) is 8.82. The van der Waals surface area contributed by atoms with Gasteiger partial charge in [0, 0.05) is 30.3 Å². The molecule has 8 nitrogen and oxygen atoms in total. The van der Waals surface area contributed by atoms with Crippen molar-refractivity contribution in [3.8, 4) is 0 Å². The number of nitrogens with zero attached hydrogens (tertiary/aromatic N) is 1. The lowest BCUT2D eigenvalue weighted by Gasteiger charge is -2.19. The summed E-state index contributed by atoms with van der Waals surface area (Å²) in [6, 6.07) is 10.9. The number of para-hydroxylation sites is 1. The van der Waals surface area contributed by atoms with Gasteiger partial charge in [-0.2, -0.15) is 0 Å². The highest BCUT2D eigenvalue weighted by Gasteiger charge is 2.26. The summed E-state index contributed by atoms with van der Waals surface area (Å²) in [4.78, 5) is 35.8. The van der Waals surface area contributed by atoms with Crippen LogP contribution < -0.4 is 16.4 Å². The molecule has 4 N–H and O–H groups in total. The summed E-state index contributed by atoms with van der Waals surface area (Å²) in [5.74, 6) is -0.905. The Labute approximate surface area is 163 Å². The fraction of sp³-hybridized carbons (Fsp3) is 0.300. The molecule has 0 fully saturated rings. The molecule has 0 atom stereocenters. The predicted octanol–water partition coefficient (Wildman–Crippen LogP) is 2.83. The number of nitro groups is 1. The van der Waals surface area contributed by atoms with Crippen molar-refractivity contribution in [3.05, 3.63) is 69.3 Å². The van der Waals surface area contributed by atoms with E-state index in [1.807, 2.05) is 20.8 Å². The molecule has 2 amide bonds. The SMILES string of the molecule is CC(C)(C)c1ccc(C(=O)Nc2ccccc2C(=O)NCCN)cc1[N+](=O)[O-]. The fourth-order valence-corrected chi connectivity index (χ4v) is 2.72. The van der Waals surface area contributed by atoms with Gasteiger partial charge in [0.15, 0.2) is 0 Å². The minimum atomic E-state index is -0.539. The Bertz CT molecular complexity index is 903. The number of carbonyl (C=O) groups excluding carboxylic acids is 2. The molecule has 0 aliphatic carbocycles. The molecule has 2 aromatic carbocycles. The molecular formula is C20H24N4O4. The van der Waals surface area contributed by atoms with Gasteiger partial charge in [-0.25, -0.2) is 0 Å². The lowest BCUT2D eigenvalue weighted by Crippen LogP contribution is -2.30. The van der Waals surface area contributed by atoms with Crippen molar-refractivity contribution in [2.45, 2.75) is 26.2 Å². The Hall–Kier alpha value is -3.26. The van der Waals surface area contributed by atoms with Crippen LogP contribution >= 0.6 is 0 Å². The van der Waals surface area contributed by atoms with E-state index in [-0.39, 0.29) is 22.7 Å². The number of hydrogen-bond donors (Lipinski definition) is 3. The summed E-state index contributed by atoms with van der Waals surface area (Å²) < 4.78 is 0. The molecule has 28 heavy (non-hydrogen) atoms. The molecule has 0 saturated carbocycles. The average Bonchev–Trinajstić information content (AvgIpc) is 2.65. The largest absolute Gasteiger partial charge is 0.351 e. The Balaban J connectivity index is 2.33. The van der Waals surface area contributed by atoms with Crippen molar-refractivity contribution >= 4 is 23.2 Å². The predicted molar refractivity (Wildman–Crippen MR) is 108 cm³/mol. The van der Waals surface area contributed by atoms with E-state index in [9.17, 15) is 19.7 Å². The molecule has 2 rings (SSSR count). The number of benzene rings is 2. The zero-order valence-electron chi connectivity index (χ0n) is 16.1. The summed E-state index contributed by atoms with van der Waals surface area (Å²) in [5, 5.41) is 16.8. The molecule has 0 aliphatic heterocycles. The van der Waals surface area contributed by atoms with Gasteiger partial charge in [0.2, 0.25) is 0 Å². The van der Waals surface area contributed by atoms with Gasteiger partial charge >= 0.3 is 0 Å². The van der Waals surface area contributed by atoms with Crippen molar-refractivity contribution in [2.75, 3.05) is 18.4 Å². The number of rotatable bonds is 6. The van der Waals surface area contributed by atoms with Gasteiger partial charge in [-0.15, -0.1) is 0 Å². The van der Waals surface area contributed by atoms with Crippen LogP contribution in [-0.4, -0.2) is 29.8 Å². The smallest absolute Gasteiger partial charge is 0.273 e. The van der Waals surface area contributed by atoms with Crippen LogP contribution in [0.4, 0.5) is 11.4 Å². The van der Waals surface area contributed by atoms with Crippen LogP contribution in [0.5, 0.6) is 0 Å². The van der Waals surface area contributed by atoms with Gasteiger partial charge in [-0.05, 0) is 23.6 Å².